The third-order valence-corrected chi connectivity index (χ3v) is 3.30. The van der Waals surface area contributed by atoms with Crippen LogP contribution in [-0.4, -0.2) is 5.97 Å². The topological polar surface area (TPSA) is 52.3 Å². The summed E-state index contributed by atoms with van der Waals surface area (Å²) in [5.74, 6) is -2.68. The van der Waals surface area contributed by atoms with Crippen LogP contribution in [0, 0.1) is 25.5 Å². The fraction of sp³-hybridized carbons (Fsp3) is 0.188. The highest BCUT2D eigenvalue weighted by atomic mass is 19.1. The summed E-state index contributed by atoms with van der Waals surface area (Å²) in [5.41, 5.74) is 7.19. The fourth-order valence-corrected chi connectivity index (χ4v) is 2.01. The molecule has 110 valence electrons. The zero-order chi connectivity index (χ0) is 15.6. The Balaban J connectivity index is 2.18. The summed E-state index contributed by atoms with van der Waals surface area (Å²) >= 11 is 0. The standard InChI is InChI=1S/C16H15F2NO2/c1-9-4-3-5-10(2)12(9)8-21-16(20)11-6-14(18)15(19)7-13(11)17/h3-7H,8,19H2,1-2H3. The third-order valence-electron chi connectivity index (χ3n) is 3.30. The van der Waals surface area contributed by atoms with Crippen LogP contribution in [0.25, 0.3) is 0 Å². The minimum absolute atomic E-state index is 0.00275. The van der Waals surface area contributed by atoms with Crippen LogP contribution in [0.4, 0.5) is 14.5 Å². The molecule has 0 bridgehead atoms. The van der Waals surface area contributed by atoms with Gasteiger partial charge in [-0.05, 0) is 36.6 Å². The Morgan fingerprint density at radius 2 is 1.76 bits per heavy atom. The number of hydrogen-bond donors (Lipinski definition) is 1. The van der Waals surface area contributed by atoms with E-state index < -0.39 is 23.2 Å². The van der Waals surface area contributed by atoms with Crippen LogP contribution in [0.5, 0.6) is 0 Å². The summed E-state index contributed by atoms with van der Waals surface area (Å²) in [5, 5.41) is 0. The molecule has 2 rings (SSSR count). The van der Waals surface area contributed by atoms with Gasteiger partial charge in [0.1, 0.15) is 18.2 Å². The van der Waals surface area contributed by atoms with Gasteiger partial charge in [-0.25, -0.2) is 13.6 Å². The molecule has 0 atom stereocenters. The van der Waals surface area contributed by atoms with Gasteiger partial charge in [-0.15, -0.1) is 0 Å². The molecule has 3 nitrogen and oxygen atoms in total. The van der Waals surface area contributed by atoms with E-state index in [2.05, 4.69) is 0 Å². The number of halogens is 2. The number of anilines is 1. The van der Waals surface area contributed by atoms with Gasteiger partial charge in [0.2, 0.25) is 0 Å². The van der Waals surface area contributed by atoms with Crippen LogP contribution in [0.3, 0.4) is 0 Å². The van der Waals surface area contributed by atoms with Crippen LogP contribution in [0.1, 0.15) is 27.0 Å². The lowest BCUT2D eigenvalue weighted by molar-refractivity contribution is 0.0465. The summed E-state index contributed by atoms with van der Waals surface area (Å²) < 4.78 is 32.0. The predicted octanol–water partition coefficient (Wildman–Crippen LogP) is 3.52. The Labute approximate surface area is 121 Å². The molecule has 2 aromatic carbocycles. The Morgan fingerprint density at radius 3 is 2.38 bits per heavy atom. The summed E-state index contributed by atoms with van der Waals surface area (Å²) in [7, 11) is 0. The molecule has 2 aromatic rings. The minimum Gasteiger partial charge on any atom is -0.457 e. The molecule has 0 heterocycles. The molecule has 0 spiro atoms. The van der Waals surface area contributed by atoms with E-state index in [0.29, 0.717) is 0 Å². The van der Waals surface area contributed by atoms with E-state index in [9.17, 15) is 13.6 Å². The lowest BCUT2D eigenvalue weighted by Gasteiger charge is -2.11. The molecule has 0 fully saturated rings. The predicted molar refractivity (Wildman–Crippen MR) is 75.8 cm³/mol. The van der Waals surface area contributed by atoms with Crippen molar-refractivity contribution >= 4 is 11.7 Å². The van der Waals surface area contributed by atoms with Gasteiger partial charge in [-0.2, -0.15) is 0 Å². The van der Waals surface area contributed by atoms with Crippen molar-refractivity contribution in [2.45, 2.75) is 20.5 Å². The summed E-state index contributed by atoms with van der Waals surface area (Å²) in [6.07, 6.45) is 0. The third kappa shape index (κ3) is 3.18. The van der Waals surface area contributed by atoms with Crippen molar-refractivity contribution in [3.8, 4) is 0 Å². The SMILES string of the molecule is Cc1cccc(C)c1COC(=O)c1cc(F)c(N)cc1F. The monoisotopic (exact) mass is 291 g/mol. The van der Waals surface area contributed by atoms with Crippen LogP contribution < -0.4 is 5.73 Å². The first-order valence-corrected chi connectivity index (χ1v) is 6.37. The van der Waals surface area contributed by atoms with Gasteiger partial charge in [-0.3, -0.25) is 0 Å². The van der Waals surface area contributed by atoms with E-state index >= 15 is 0 Å². The summed E-state index contributed by atoms with van der Waals surface area (Å²) in [6.45, 7) is 3.78. The largest absolute Gasteiger partial charge is 0.457 e. The molecule has 0 aromatic heterocycles. The maximum absolute atomic E-state index is 13.6. The number of nitrogen functional groups attached to an aromatic ring is 1. The zero-order valence-electron chi connectivity index (χ0n) is 11.7. The molecule has 0 aliphatic rings. The van der Waals surface area contributed by atoms with Gasteiger partial charge in [-0.1, -0.05) is 18.2 Å². The molecule has 0 aliphatic carbocycles. The molecular formula is C16H15F2NO2. The number of benzene rings is 2. The minimum atomic E-state index is -0.922. The van der Waals surface area contributed by atoms with E-state index in [0.717, 1.165) is 28.8 Å². The Hall–Kier alpha value is -2.43. The number of rotatable bonds is 3. The lowest BCUT2D eigenvalue weighted by atomic mass is 10.0. The van der Waals surface area contributed by atoms with Crippen molar-refractivity contribution in [3.05, 3.63) is 64.2 Å². The highest BCUT2D eigenvalue weighted by molar-refractivity contribution is 5.90. The number of ether oxygens (including phenoxy) is 1. The van der Waals surface area contributed by atoms with E-state index in [1.807, 2.05) is 32.0 Å². The maximum atomic E-state index is 13.6. The zero-order valence-corrected chi connectivity index (χ0v) is 11.7. The van der Waals surface area contributed by atoms with Gasteiger partial charge in [0, 0.05) is 6.07 Å². The first kappa shape index (κ1) is 15.0. The number of esters is 1. The first-order chi connectivity index (χ1) is 9.90. The average Bonchev–Trinajstić information content (AvgIpc) is 2.42. The van der Waals surface area contributed by atoms with Crippen LogP contribution >= 0.6 is 0 Å². The number of carbonyl (C=O) groups is 1. The molecule has 0 radical (unpaired) electrons. The second-order valence-corrected chi connectivity index (χ2v) is 4.80. The molecule has 0 saturated carbocycles. The van der Waals surface area contributed by atoms with Crippen molar-refractivity contribution in [2.75, 3.05) is 5.73 Å². The van der Waals surface area contributed by atoms with Gasteiger partial charge in [0.25, 0.3) is 0 Å². The lowest BCUT2D eigenvalue weighted by Crippen LogP contribution is -2.10. The Bertz CT molecular complexity index is 679. The van der Waals surface area contributed by atoms with Crippen molar-refractivity contribution in [3.63, 3.8) is 0 Å². The van der Waals surface area contributed by atoms with Crippen molar-refractivity contribution in [2.24, 2.45) is 0 Å². The molecule has 0 amide bonds. The number of hydrogen-bond acceptors (Lipinski definition) is 3. The van der Waals surface area contributed by atoms with Gasteiger partial charge in [0.15, 0.2) is 0 Å². The number of nitrogens with two attached hydrogens (primary N) is 1. The molecule has 0 saturated heterocycles. The molecule has 0 aliphatic heterocycles. The Morgan fingerprint density at radius 1 is 1.14 bits per heavy atom. The second-order valence-electron chi connectivity index (χ2n) is 4.80. The smallest absolute Gasteiger partial charge is 0.341 e. The molecule has 21 heavy (non-hydrogen) atoms. The van der Waals surface area contributed by atoms with E-state index in [4.69, 9.17) is 10.5 Å². The summed E-state index contributed by atoms with van der Waals surface area (Å²) in [4.78, 5) is 11.9. The van der Waals surface area contributed by atoms with Crippen LogP contribution in [-0.2, 0) is 11.3 Å². The summed E-state index contributed by atoms with van der Waals surface area (Å²) in [6, 6.07) is 7.19. The van der Waals surface area contributed by atoms with E-state index in [-0.39, 0.29) is 12.3 Å². The van der Waals surface area contributed by atoms with Gasteiger partial charge in [0.05, 0.1) is 11.3 Å². The number of aryl methyl sites for hydroxylation is 2. The van der Waals surface area contributed by atoms with Crippen LogP contribution in [0.2, 0.25) is 0 Å². The number of carbonyl (C=O) groups excluding carboxylic acids is 1. The normalized spacial score (nSPS) is 10.5. The average molecular weight is 291 g/mol. The van der Waals surface area contributed by atoms with Crippen molar-refractivity contribution < 1.29 is 18.3 Å². The van der Waals surface area contributed by atoms with Crippen molar-refractivity contribution in [1.82, 2.24) is 0 Å². The quantitative estimate of drug-likeness (QED) is 0.695. The highest BCUT2D eigenvalue weighted by Crippen LogP contribution is 2.19. The van der Waals surface area contributed by atoms with Gasteiger partial charge >= 0.3 is 5.97 Å². The highest BCUT2D eigenvalue weighted by Gasteiger charge is 2.17. The van der Waals surface area contributed by atoms with Crippen molar-refractivity contribution in [1.29, 1.82) is 0 Å². The second kappa shape index (κ2) is 5.91. The molecule has 0 unspecified atom stereocenters. The fourth-order valence-electron chi connectivity index (χ4n) is 2.01. The Kier molecular flexibility index (Phi) is 4.21. The molecule has 2 N–H and O–H groups in total. The van der Waals surface area contributed by atoms with E-state index in [1.165, 1.54) is 0 Å². The molecule has 5 heteroatoms. The molecular weight excluding hydrogens is 276 g/mol. The van der Waals surface area contributed by atoms with Crippen LogP contribution in [0.15, 0.2) is 30.3 Å². The van der Waals surface area contributed by atoms with E-state index in [1.54, 1.807) is 0 Å². The first-order valence-electron chi connectivity index (χ1n) is 6.37. The van der Waals surface area contributed by atoms with Gasteiger partial charge < -0.3 is 10.5 Å². The maximum Gasteiger partial charge on any atom is 0.341 e.